The summed E-state index contributed by atoms with van der Waals surface area (Å²) in [6.45, 7) is 0. The zero-order chi connectivity index (χ0) is 16.1. The first-order valence-electron chi connectivity index (χ1n) is 5.74. The highest BCUT2D eigenvalue weighted by atomic mass is 127. The molecular formula is C13H5I3O5S. The normalized spacial score (nSPS) is 15.7. The van der Waals surface area contributed by atoms with E-state index in [1.54, 1.807) is 18.2 Å². The van der Waals surface area contributed by atoms with E-state index in [1.165, 1.54) is 12.1 Å². The molecule has 0 N–H and O–H groups in total. The molecule has 0 amide bonds. The standard InChI is InChI=1S/C13H5I3O5S/c14-7-5-6-12(11(16)10(7)15)21-22(18,19)9-4-2-1-3-8(9)20-13(6)17/h1-5H. The van der Waals surface area contributed by atoms with Gasteiger partial charge in [-0.05, 0) is 86.0 Å². The van der Waals surface area contributed by atoms with Gasteiger partial charge in [0.2, 0.25) is 0 Å². The zero-order valence-electron chi connectivity index (χ0n) is 10.5. The second-order valence-electron chi connectivity index (χ2n) is 4.24. The van der Waals surface area contributed by atoms with Gasteiger partial charge in [0.1, 0.15) is 10.5 Å². The number of esters is 1. The highest BCUT2D eigenvalue weighted by Gasteiger charge is 2.32. The van der Waals surface area contributed by atoms with Crippen LogP contribution >= 0.6 is 67.8 Å². The van der Waals surface area contributed by atoms with Gasteiger partial charge >= 0.3 is 16.1 Å². The van der Waals surface area contributed by atoms with Crippen LogP contribution in [0, 0.1) is 10.7 Å². The quantitative estimate of drug-likeness (QED) is 0.142. The second kappa shape index (κ2) is 6.05. The highest BCUT2D eigenvalue weighted by Crippen LogP contribution is 2.38. The van der Waals surface area contributed by atoms with Crippen molar-refractivity contribution in [3.8, 4) is 11.5 Å². The monoisotopic (exact) mass is 654 g/mol. The van der Waals surface area contributed by atoms with Crippen molar-refractivity contribution in [2.24, 2.45) is 0 Å². The topological polar surface area (TPSA) is 69.7 Å². The Labute approximate surface area is 167 Å². The number of ether oxygens (including phenoxy) is 1. The maximum atomic E-state index is 12.4. The van der Waals surface area contributed by atoms with Crippen LogP contribution in [0.1, 0.15) is 10.4 Å². The first-order valence-corrected chi connectivity index (χ1v) is 10.4. The number of hydrogen-bond donors (Lipinski definition) is 0. The van der Waals surface area contributed by atoms with Crippen LogP contribution in [0.2, 0.25) is 0 Å². The van der Waals surface area contributed by atoms with Crippen molar-refractivity contribution in [2.75, 3.05) is 0 Å². The van der Waals surface area contributed by atoms with E-state index < -0.39 is 16.1 Å². The summed E-state index contributed by atoms with van der Waals surface area (Å²) in [7, 11) is -4.08. The SMILES string of the molecule is O=C1Oc2ccccc2S(=O)(=O)Oc2c1cc(I)c(I)c2I. The molecule has 3 rings (SSSR count). The van der Waals surface area contributed by atoms with Crippen molar-refractivity contribution in [3.63, 3.8) is 0 Å². The molecule has 0 spiro atoms. The Hall–Kier alpha value is -0.150. The number of para-hydroxylation sites is 1. The van der Waals surface area contributed by atoms with Crippen LogP contribution in [0.15, 0.2) is 35.2 Å². The predicted molar refractivity (Wildman–Crippen MR) is 104 cm³/mol. The number of benzene rings is 2. The van der Waals surface area contributed by atoms with E-state index in [2.05, 4.69) is 45.2 Å². The van der Waals surface area contributed by atoms with Crippen molar-refractivity contribution in [3.05, 3.63) is 46.6 Å². The van der Waals surface area contributed by atoms with Crippen LogP contribution in [0.4, 0.5) is 0 Å². The Morgan fingerprint density at radius 2 is 1.68 bits per heavy atom. The molecule has 2 aromatic rings. The Bertz CT molecular complexity index is 908. The summed E-state index contributed by atoms with van der Waals surface area (Å²) >= 11 is 6.11. The minimum absolute atomic E-state index is 0.00455. The minimum atomic E-state index is -4.08. The average Bonchev–Trinajstić information content (AvgIpc) is 2.47. The van der Waals surface area contributed by atoms with Gasteiger partial charge in [0, 0.05) is 7.14 Å². The molecule has 2 aromatic carbocycles. The first kappa shape index (κ1) is 16.7. The van der Waals surface area contributed by atoms with E-state index in [0.29, 0.717) is 3.57 Å². The predicted octanol–water partition coefficient (Wildman–Crippen LogP) is 3.80. The molecule has 5 nitrogen and oxygen atoms in total. The van der Waals surface area contributed by atoms with Crippen LogP contribution in [0.3, 0.4) is 0 Å². The third-order valence-electron chi connectivity index (χ3n) is 2.85. The highest BCUT2D eigenvalue weighted by molar-refractivity contribution is 14.1. The van der Waals surface area contributed by atoms with Crippen LogP contribution in [0.25, 0.3) is 0 Å². The van der Waals surface area contributed by atoms with Crippen molar-refractivity contribution in [1.29, 1.82) is 0 Å². The van der Waals surface area contributed by atoms with E-state index in [1.807, 2.05) is 22.6 Å². The lowest BCUT2D eigenvalue weighted by Crippen LogP contribution is -2.21. The van der Waals surface area contributed by atoms with Crippen molar-refractivity contribution in [2.45, 2.75) is 4.90 Å². The summed E-state index contributed by atoms with van der Waals surface area (Å²) < 4.78 is 37.6. The zero-order valence-corrected chi connectivity index (χ0v) is 17.8. The van der Waals surface area contributed by atoms with Gasteiger partial charge in [-0.15, -0.1) is 0 Å². The lowest BCUT2D eigenvalue weighted by molar-refractivity contribution is 0.0726. The molecule has 0 radical (unpaired) electrons. The summed E-state index contributed by atoms with van der Waals surface area (Å²) in [6, 6.07) is 7.45. The molecule has 0 aliphatic carbocycles. The van der Waals surface area contributed by atoms with Gasteiger partial charge in [0.05, 0.1) is 3.57 Å². The fourth-order valence-electron chi connectivity index (χ4n) is 1.86. The van der Waals surface area contributed by atoms with Gasteiger partial charge in [-0.2, -0.15) is 8.42 Å². The third kappa shape index (κ3) is 2.84. The lowest BCUT2D eigenvalue weighted by atomic mass is 10.2. The van der Waals surface area contributed by atoms with Gasteiger partial charge in [-0.1, -0.05) is 12.1 Å². The Kier molecular flexibility index (Phi) is 4.59. The third-order valence-corrected chi connectivity index (χ3v) is 9.18. The summed E-state index contributed by atoms with van der Waals surface area (Å²) in [5.41, 5.74) is 0.0901. The number of rotatable bonds is 0. The van der Waals surface area contributed by atoms with Crippen LogP contribution in [0.5, 0.6) is 11.5 Å². The maximum absolute atomic E-state index is 12.4. The number of hydrogen-bond acceptors (Lipinski definition) is 5. The van der Waals surface area contributed by atoms with Crippen molar-refractivity contribution >= 4 is 83.9 Å². The Balaban J connectivity index is 2.31. The van der Waals surface area contributed by atoms with E-state index >= 15 is 0 Å². The fourth-order valence-corrected chi connectivity index (χ4v) is 5.28. The number of fused-ring (bicyclic) bond motifs is 2. The van der Waals surface area contributed by atoms with E-state index in [0.717, 1.165) is 7.14 Å². The van der Waals surface area contributed by atoms with Crippen LogP contribution in [-0.2, 0) is 10.1 Å². The summed E-state index contributed by atoms with van der Waals surface area (Å²) in [5.74, 6) is -0.684. The minimum Gasteiger partial charge on any atom is -0.421 e. The summed E-state index contributed by atoms with van der Waals surface area (Å²) in [5, 5.41) is 0. The lowest BCUT2D eigenvalue weighted by Gasteiger charge is -2.19. The molecule has 0 atom stereocenters. The average molecular weight is 654 g/mol. The molecule has 1 aliphatic rings. The molecule has 9 heteroatoms. The van der Waals surface area contributed by atoms with Crippen LogP contribution < -0.4 is 8.92 Å². The van der Waals surface area contributed by atoms with E-state index in [9.17, 15) is 13.2 Å². The smallest absolute Gasteiger partial charge is 0.347 e. The second-order valence-corrected chi connectivity index (χ2v) is 9.07. The molecule has 0 saturated heterocycles. The molecule has 114 valence electrons. The molecule has 0 fully saturated rings. The Morgan fingerprint density at radius 1 is 1.00 bits per heavy atom. The van der Waals surface area contributed by atoms with E-state index in [4.69, 9.17) is 8.92 Å². The Morgan fingerprint density at radius 3 is 2.41 bits per heavy atom. The largest absolute Gasteiger partial charge is 0.421 e. The van der Waals surface area contributed by atoms with Gasteiger partial charge in [-0.3, -0.25) is 0 Å². The molecule has 1 heterocycles. The molecule has 22 heavy (non-hydrogen) atoms. The van der Waals surface area contributed by atoms with E-state index in [-0.39, 0.29) is 22.0 Å². The number of carbonyl (C=O) groups is 1. The van der Waals surface area contributed by atoms with Gasteiger partial charge < -0.3 is 8.92 Å². The summed E-state index contributed by atoms with van der Waals surface area (Å²) in [6.07, 6.45) is 0. The number of halogens is 3. The molecule has 0 aromatic heterocycles. The summed E-state index contributed by atoms with van der Waals surface area (Å²) in [4.78, 5) is 12.2. The van der Waals surface area contributed by atoms with Gasteiger partial charge in [-0.25, -0.2) is 4.79 Å². The van der Waals surface area contributed by atoms with Gasteiger partial charge in [0.15, 0.2) is 11.5 Å². The molecule has 0 unspecified atom stereocenters. The fraction of sp³-hybridized carbons (Fsp3) is 0. The molecule has 0 saturated carbocycles. The molecule has 0 bridgehead atoms. The van der Waals surface area contributed by atoms with Crippen LogP contribution in [-0.4, -0.2) is 14.4 Å². The number of carbonyl (C=O) groups excluding carboxylic acids is 1. The molecular weight excluding hydrogens is 649 g/mol. The first-order chi connectivity index (χ1) is 10.3. The maximum Gasteiger partial charge on any atom is 0.347 e. The van der Waals surface area contributed by atoms with Crippen molar-refractivity contribution in [1.82, 2.24) is 0 Å². The van der Waals surface area contributed by atoms with Crippen molar-refractivity contribution < 1.29 is 22.1 Å². The molecule has 1 aliphatic heterocycles. The van der Waals surface area contributed by atoms with Gasteiger partial charge in [0.25, 0.3) is 0 Å².